The average molecular weight is 436 g/mol. The van der Waals surface area contributed by atoms with Gasteiger partial charge in [0.2, 0.25) is 0 Å². The maximum atomic E-state index is 13.0. The number of H-pyrrole nitrogens is 1. The second kappa shape index (κ2) is 7.77. The van der Waals surface area contributed by atoms with Crippen molar-refractivity contribution in [3.05, 3.63) is 85.9 Å². The highest BCUT2D eigenvalue weighted by Gasteiger charge is 2.28. The molecule has 152 valence electrons. The molecule has 1 atom stereocenters. The van der Waals surface area contributed by atoms with Crippen molar-refractivity contribution in [3.8, 4) is 11.8 Å². The van der Waals surface area contributed by atoms with E-state index in [0.29, 0.717) is 5.02 Å². The second-order valence-electron chi connectivity index (χ2n) is 6.34. The Labute approximate surface area is 177 Å². The lowest BCUT2D eigenvalue weighted by Crippen LogP contribution is -2.20. The van der Waals surface area contributed by atoms with Gasteiger partial charge in [-0.05, 0) is 30.3 Å². The summed E-state index contributed by atoms with van der Waals surface area (Å²) in [6.45, 7) is 0. The molecule has 2 heterocycles. The number of fused-ring (bicyclic) bond motifs is 1. The van der Waals surface area contributed by atoms with Crippen LogP contribution in [0.15, 0.2) is 53.8 Å². The number of aromatic amines is 1. The Morgan fingerprint density at radius 3 is 2.77 bits per heavy atom. The maximum absolute atomic E-state index is 13.0. The van der Waals surface area contributed by atoms with E-state index >= 15 is 0 Å². The van der Waals surface area contributed by atoms with E-state index in [1.165, 1.54) is 47.7 Å². The third-order valence-electron chi connectivity index (χ3n) is 4.47. The summed E-state index contributed by atoms with van der Waals surface area (Å²) >= 11 is 5.94. The van der Waals surface area contributed by atoms with Crippen LogP contribution in [0.4, 0.5) is 5.69 Å². The van der Waals surface area contributed by atoms with Crippen LogP contribution in [-0.2, 0) is 0 Å². The molecule has 11 nitrogen and oxygen atoms in total. The molecule has 0 saturated heterocycles. The van der Waals surface area contributed by atoms with Crippen molar-refractivity contribution in [2.45, 2.75) is 5.92 Å². The number of hydrogen-bond donors (Lipinski definition) is 1. The lowest BCUT2D eigenvalue weighted by atomic mass is 9.97. The Kier molecular flexibility index (Phi) is 4.98. The summed E-state index contributed by atoms with van der Waals surface area (Å²) in [5.74, 6) is -2.44. The van der Waals surface area contributed by atoms with E-state index in [1.807, 2.05) is 0 Å². The van der Waals surface area contributed by atoms with Crippen molar-refractivity contribution in [2.75, 3.05) is 0 Å². The molecule has 0 bridgehead atoms. The van der Waals surface area contributed by atoms with Gasteiger partial charge in [-0.3, -0.25) is 19.7 Å². The molecular formula is C19H10ClN7O4. The van der Waals surface area contributed by atoms with Gasteiger partial charge < -0.3 is 4.98 Å². The zero-order valence-corrected chi connectivity index (χ0v) is 16.1. The lowest BCUT2D eigenvalue weighted by molar-refractivity contribution is -0.384. The molecule has 1 N–H and O–H groups in total. The number of carbonyl (C=O) groups is 1. The number of rotatable bonds is 5. The number of nitrogens with one attached hydrogen (secondary N) is 1. The number of aromatic nitrogens is 5. The Hall–Kier alpha value is -4.43. The number of carbonyl (C=O) groups excluding carboxylic acids is 1. The fourth-order valence-corrected chi connectivity index (χ4v) is 3.19. The van der Waals surface area contributed by atoms with Gasteiger partial charge in [0.05, 0.1) is 21.9 Å². The lowest BCUT2D eigenvalue weighted by Gasteiger charge is -2.10. The minimum Gasteiger partial charge on any atom is -0.308 e. The first-order chi connectivity index (χ1) is 14.9. The molecule has 4 aromatic rings. The highest BCUT2D eigenvalue weighted by atomic mass is 35.5. The normalized spacial score (nSPS) is 11.7. The number of benzene rings is 2. The molecule has 2 aromatic carbocycles. The van der Waals surface area contributed by atoms with Gasteiger partial charge >= 0.3 is 0 Å². The number of nitro groups is 1. The van der Waals surface area contributed by atoms with Crippen molar-refractivity contribution in [1.29, 1.82) is 5.26 Å². The topological polar surface area (TPSA) is 160 Å². The first kappa shape index (κ1) is 19.9. The van der Waals surface area contributed by atoms with Crippen molar-refractivity contribution in [2.24, 2.45) is 0 Å². The van der Waals surface area contributed by atoms with Crippen LogP contribution >= 0.6 is 11.6 Å². The monoisotopic (exact) mass is 435 g/mol. The molecule has 1 unspecified atom stereocenters. The number of halogens is 1. The molecule has 2 aromatic heterocycles. The zero-order chi connectivity index (χ0) is 22.1. The van der Waals surface area contributed by atoms with Crippen LogP contribution in [0, 0.1) is 21.4 Å². The predicted octanol–water partition coefficient (Wildman–Crippen LogP) is 2.56. The van der Waals surface area contributed by atoms with Gasteiger partial charge in [-0.2, -0.15) is 10.4 Å². The minimum absolute atomic E-state index is 0.0967. The standard InChI is InChI=1S/C19H10ClN7O4/c20-11-2-3-12-14(6-11)24-18(25-19(12)29)13(7-21)17(28)10-1-4-15(16(5-10)27(30)31)26-9-22-8-23-26/h1-6,8-9,13H,(H,24,25,29). The number of nitriles is 1. The van der Waals surface area contributed by atoms with Gasteiger partial charge in [0.15, 0.2) is 11.7 Å². The van der Waals surface area contributed by atoms with Gasteiger partial charge in [-0.15, -0.1) is 0 Å². The summed E-state index contributed by atoms with van der Waals surface area (Å²) in [7, 11) is 0. The van der Waals surface area contributed by atoms with Crippen molar-refractivity contribution >= 4 is 34.0 Å². The first-order valence-electron chi connectivity index (χ1n) is 8.66. The molecular weight excluding hydrogens is 426 g/mol. The summed E-state index contributed by atoms with van der Waals surface area (Å²) in [5, 5.41) is 25.5. The maximum Gasteiger partial charge on any atom is 0.295 e. The third-order valence-corrected chi connectivity index (χ3v) is 4.71. The number of hydrogen-bond acceptors (Lipinski definition) is 8. The smallest absolute Gasteiger partial charge is 0.295 e. The summed E-state index contributed by atoms with van der Waals surface area (Å²) in [4.78, 5) is 46.6. The van der Waals surface area contributed by atoms with E-state index in [2.05, 4.69) is 20.1 Å². The molecule has 0 spiro atoms. The Balaban J connectivity index is 1.79. The van der Waals surface area contributed by atoms with E-state index in [0.717, 1.165) is 6.07 Å². The van der Waals surface area contributed by atoms with E-state index in [9.17, 15) is 25.0 Å². The van der Waals surface area contributed by atoms with Crippen LogP contribution in [0.25, 0.3) is 16.6 Å². The van der Waals surface area contributed by atoms with Crippen LogP contribution in [0.3, 0.4) is 0 Å². The molecule has 0 aliphatic rings. The number of nitrogens with zero attached hydrogens (tertiary/aromatic N) is 6. The van der Waals surface area contributed by atoms with Crippen LogP contribution < -0.4 is 5.56 Å². The van der Waals surface area contributed by atoms with Crippen molar-refractivity contribution < 1.29 is 9.72 Å². The average Bonchev–Trinajstić information content (AvgIpc) is 3.28. The molecule has 31 heavy (non-hydrogen) atoms. The largest absolute Gasteiger partial charge is 0.308 e. The molecule has 0 aliphatic heterocycles. The molecule has 0 saturated carbocycles. The Morgan fingerprint density at radius 1 is 1.29 bits per heavy atom. The summed E-state index contributed by atoms with van der Waals surface area (Å²) < 4.78 is 1.18. The van der Waals surface area contributed by atoms with Gasteiger partial charge in [-0.25, -0.2) is 14.6 Å². The Morgan fingerprint density at radius 2 is 2.10 bits per heavy atom. The highest BCUT2D eigenvalue weighted by Crippen LogP contribution is 2.27. The fraction of sp³-hybridized carbons (Fsp3) is 0.0526. The van der Waals surface area contributed by atoms with Crippen molar-refractivity contribution in [1.82, 2.24) is 24.7 Å². The van der Waals surface area contributed by atoms with Gasteiger partial charge in [-0.1, -0.05) is 11.6 Å². The highest BCUT2D eigenvalue weighted by molar-refractivity contribution is 6.31. The molecule has 0 fully saturated rings. The molecule has 0 radical (unpaired) electrons. The summed E-state index contributed by atoms with van der Waals surface area (Å²) in [5.41, 5.74) is -0.737. The van der Waals surface area contributed by atoms with Crippen LogP contribution in [0.5, 0.6) is 0 Å². The van der Waals surface area contributed by atoms with Crippen molar-refractivity contribution in [3.63, 3.8) is 0 Å². The molecule has 12 heteroatoms. The molecule has 4 rings (SSSR count). The van der Waals surface area contributed by atoms with E-state index in [4.69, 9.17) is 11.6 Å². The number of ketones is 1. The number of nitro benzene ring substituents is 1. The summed E-state index contributed by atoms with van der Waals surface area (Å²) in [6, 6.07) is 9.92. The fourth-order valence-electron chi connectivity index (χ4n) is 3.03. The predicted molar refractivity (Wildman–Crippen MR) is 108 cm³/mol. The SMILES string of the molecule is N#CC(C(=O)c1ccc(-n2cncn2)c([N+](=O)[O-])c1)c1nc2cc(Cl)ccc2c(=O)[nH]1. The van der Waals surface area contributed by atoms with Crippen LogP contribution in [-0.4, -0.2) is 35.4 Å². The summed E-state index contributed by atoms with van der Waals surface area (Å²) in [6.07, 6.45) is 2.49. The molecule has 0 aliphatic carbocycles. The number of Topliss-reactive ketones (excluding diaryl/α,β-unsaturated/α-hetero) is 1. The van der Waals surface area contributed by atoms with Gasteiger partial charge in [0, 0.05) is 16.7 Å². The minimum atomic E-state index is -1.49. The quantitative estimate of drug-likeness (QED) is 0.284. The van der Waals surface area contributed by atoms with E-state index in [1.54, 1.807) is 6.07 Å². The van der Waals surface area contributed by atoms with Crippen LogP contribution in [0.2, 0.25) is 5.02 Å². The Bertz CT molecular complexity index is 1440. The third kappa shape index (κ3) is 3.63. The van der Waals surface area contributed by atoms with Gasteiger partial charge in [0.25, 0.3) is 11.2 Å². The van der Waals surface area contributed by atoms with E-state index < -0.39 is 27.9 Å². The van der Waals surface area contributed by atoms with E-state index in [-0.39, 0.29) is 28.0 Å². The first-order valence-corrected chi connectivity index (χ1v) is 9.03. The second-order valence-corrected chi connectivity index (χ2v) is 6.78. The van der Waals surface area contributed by atoms with Crippen LogP contribution in [0.1, 0.15) is 22.1 Å². The molecule has 0 amide bonds. The zero-order valence-electron chi connectivity index (χ0n) is 15.4. The van der Waals surface area contributed by atoms with Gasteiger partial charge in [0.1, 0.15) is 24.2 Å².